The van der Waals surface area contributed by atoms with Crippen molar-refractivity contribution in [3.8, 4) is 5.75 Å². The van der Waals surface area contributed by atoms with Gasteiger partial charge in [-0.1, -0.05) is 29.8 Å². The first-order valence-electron chi connectivity index (χ1n) is 9.73. The van der Waals surface area contributed by atoms with Crippen LogP contribution in [-0.2, 0) is 26.1 Å². The summed E-state index contributed by atoms with van der Waals surface area (Å²) in [4.78, 5) is 12.3. The minimum absolute atomic E-state index is 0.0379. The van der Waals surface area contributed by atoms with Gasteiger partial charge in [0.05, 0.1) is 22.8 Å². The van der Waals surface area contributed by atoms with Crippen LogP contribution in [0.1, 0.15) is 29.8 Å². The molecule has 0 saturated carbocycles. The highest BCUT2D eigenvalue weighted by atomic mass is 35.5. The van der Waals surface area contributed by atoms with Crippen molar-refractivity contribution in [2.45, 2.75) is 44.2 Å². The van der Waals surface area contributed by atoms with E-state index in [1.54, 1.807) is 19.9 Å². The van der Waals surface area contributed by atoms with Gasteiger partial charge >= 0.3 is 12.6 Å². The summed E-state index contributed by atoms with van der Waals surface area (Å²) >= 11 is 6.14. The molecule has 0 N–H and O–H groups in total. The van der Waals surface area contributed by atoms with E-state index in [2.05, 4.69) is 4.74 Å². The number of sulfonamides is 1. The van der Waals surface area contributed by atoms with E-state index in [1.165, 1.54) is 34.6 Å². The Morgan fingerprint density at radius 2 is 1.84 bits per heavy atom. The highest BCUT2D eigenvalue weighted by molar-refractivity contribution is 7.89. The molecule has 1 heterocycles. The molecule has 1 saturated heterocycles. The zero-order valence-electron chi connectivity index (χ0n) is 17.3. The molecule has 0 aliphatic carbocycles. The third-order valence-corrected chi connectivity index (χ3v) is 7.03. The molecule has 0 aromatic heterocycles. The van der Waals surface area contributed by atoms with Crippen LogP contribution in [-0.4, -0.2) is 50.6 Å². The molecule has 2 atom stereocenters. The second kappa shape index (κ2) is 10.1. The van der Waals surface area contributed by atoms with Crippen LogP contribution in [0.3, 0.4) is 0 Å². The molecule has 0 radical (unpaired) electrons. The van der Waals surface area contributed by atoms with Gasteiger partial charge in [0.25, 0.3) is 0 Å². The van der Waals surface area contributed by atoms with Crippen molar-refractivity contribution in [2.24, 2.45) is 0 Å². The minimum atomic E-state index is -3.99. The van der Waals surface area contributed by atoms with E-state index in [9.17, 15) is 22.0 Å². The number of hydrogen-bond acceptors (Lipinski definition) is 6. The summed E-state index contributed by atoms with van der Waals surface area (Å²) in [5, 5.41) is -0.0379. The molecule has 3 rings (SSSR count). The van der Waals surface area contributed by atoms with Gasteiger partial charge in [0.1, 0.15) is 17.3 Å². The molecule has 0 amide bonds. The lowest BCUT2D eigenvalue weighted by atomic mass is 10.2. The number of nitrogens with zero attached hydrogens (tertiary/aromatic N) is 1. The average Bonchev–Trinajstić information content (AvgIpc) is 2.72. The molecule has 0 spiro atoms. The molecule has 2 unspecified atom stereocenters. The van der Waals surface area contributed by atoms with Crippen molar-refractivity contribution in [1.82, 2.24) is 4.31 Å². The quantitative estimate of drug-likeness (QED) is 0.545. The number of alkyl halides is 2. The summed E-state index contributed by atoms with van der Waals surface area (Å²) in [5.74, 6) is -0.959. The molecule has 2 aromatic rings. The summed E-state index contributed by atoms with van der Waals surface area (Å²) < 4.78 is 67.8. The third kappa shape index (κ3) is 5.74. The number of morpholine rings is 1. The molecule has 174 valence electrons. The van der Waals surface area contributed by atoms with Gasteiger partial charge in [-0.25, -0.2) is 13.2 Å². The maximum absolute atomic E-state index is 13.1. The van der Waals surface area contributed by atoms with E-state index in [0.717, 1.165) is 6.07 Å². The smallest absolute Gasteiger partial charge is 0.387 e. The van der Waals surface area contributed by atoms with Crippen LogP contribution in [0.5, 0.6) is 5.75 Å². The van der Waals surface area contributed by atoms with Gasteiger partial charge < -0.3 is 14.2 Å². The summed E-state index contributed by atoms with van der Waals surface area (Å²) in [7, 11) is -3.99. The van der Waals surface area contributed by atoms with Crippen molar-refractivity contribution in [3.05, 3.63) is 58.6 Å². The van der Waals surface area contributed by atoms with E-state index in [-0.39, 0.29) is 58.7 Å². The normalized spacial score (nSPS) is 19.7. The molecule has 1 aliphatic heterocycles. The lowest BCUT2D eigenvalue weighted by Crippen LogP contribution is -2.48. The SMILES string of the molecule is CC1CN(S(=O)(=O)c2cc(C(=O)OCc3ccccc3OC(F)F)ccc2Cl)CC(C)O1. The maximum Gasteiger partial charge on any atom is 0.387 e. The van der Waals surface area contributed by atoms with Gasteiger partial charge in [0.2, 0.25) is 10.0 Å². The van der Waals surface area contributed by atoms with Crippen LogP contribution in [0.2, 0.25) is 5.02 Å². The van der Waals surface area contributed by atoms with Crippen LogP contribution in [0.25, 0.3) is 0 Å². The van der Waals surface area contributed by atoms with E-state index >= 15 is 0 Å². The molecule has 2 aromatic carbocycles. The van der Waals surface area contributed by atoms with E-state index < -0.39 is 22.6 Å². The first-order chi connectivity index (χ1) is 15.1. The molecule has 1 fully saturated rings. The lowest BCUT2D eigenvalue weighted by molar-refractivity contribution is -0.0510. The van der Waals surface area contributed by atoms with E-state index in [4.69, 9.17) is 21.1 Å². The predicted molar refractivity (Wildman–Crippen MR) is 112 cm³/mol. The van der Waals surface area contributed by atoms with Crippen LogP contribution >= 0.6 is 11.6 Å². The van der Waals surface area contributed by atoms with Crippen LogP contribution in [0.4, 0.5) is 8.78 Å². The van der Waals surface area contributed by atoms with Crippen molar-refractivity contribution in [1.29, 1.82) is 0 Å². The van der Waals surface area contributed by atoms with Crippen molar-refractivity contribution < 1.29 is 36.2 Å². The highest BCUT2D eigenvalue weighted by Gasteiger charge is 2.34. The second-order valence-corrected chi connectivity index (χ2v) is 9.60. The fourth-order valence-corrected chi connectivity index (χ4v) is 5.45. The third-order valence-electron chi connectivity index (χ3n) is 4.72. The minimum Gasteiger partial charge on any atom is -0.457 e. The number of rotatable bonds is 7. The van der Waals surface area contributed by atoms with Gasteiger partial charge in [-0.3, -0.25) is 0 Å². The van der Waals surface area contributed by atoms with Crippen molar-refractivity contribution >= 4 is 27.6 Å². The molecular formula is C21H22ClF2NO6S. The summed E-state index contributed by atoms with van der Waals surface area (Å²) in [6.45, 7) is 0.468. The Morgan fingerprint density at radius 1 is 1.19 bits per heavy atom. The van der Waals surface area contributed by atoms with Crippen molar-refractivity contribution in [2.75, 3.05) is 13.1 Å². The van der Waals surface area contributed by atoms with Crippen LogP contribution in [0.15, 0.2) is 47.4 Å². The maximum atomic E-state index is 13.1. The Hall–Kier alpha value is -2.27. The van der Waals surface area contributed by atoms with Crippen molar-refractivity contribution in [3.63, 3.8) is 0 Å². The van der Waals surface area contributed by atoms with Gasteiger partial charge in [-0.15, -0.1) is 0 Å². The molecule has 0 bridgehead atoms. The van der Waals surface area contributed by atoms with Gasteiger partial charge in [0, 0.05) is 18.7 Å². The summed E-state index contributed by atoms with van der Waals surface area (Å²) in [6, 6.07) is 9.66. The topological polar surface area (TPSA) is 82.1 Å². The number of halogens is 3. The molecule has 11 heteroatoms. The number of esters is 1. The Bertz CT molecular complexity index is 1070. The average molecular weight is 490 g/mol. The lowest BCUT2D eigenvalue weighted by Gasteiger charge is -2.34. The molecule has 1 aliphatic rings. The molecular weight excluding hydrogens is 468 g/mol. The van der Waals surface area contributed by atoms with Gasteiger partial charge in [-0.2, -0.15) is 13.1 Å². The Kier molecular flexibility index (Phi) is 7.71. The highest BCUT2D eigenvalue weighted by Crippen LogP contribution is 2.29. The Balaban J connectivity index is 1.79. The summed E-state index contributed by atoms with van der Waals surface area (Å²) in [6.07, 6.45) is -0.591. The number of carbonyl (C=O) groups is 1. The van der Waals surface area contributed by atoms with Gasteiger partial charge in [0.15, 0.2) is 0 Å². The number of para-hydroxylation sites is 1. The van der Waals surface area contributed by atoms with Gasteiger partial charge in [-0.05, 0) is 38.1 Å². The predicted octanol–water partition coefficient (Wildman–Crippen LogP) is 4.10. The largest absolute Gasteiger partial charge is 0.457 e. The Morgan fingerprint density at radius 3 is 2.50 bits per heavy atom. The monoisotopic (exact) mass is 489 g/mol. The number of ether oxygens (including phenoxy) is 3. The number of benzene rings is 2. The standard InChI is InChI=1S/C21H22ClF2NO6S/c1-13-10-25(11-14(2)30-13)32(27,28)19-9-15(7-8-17(19)22)20(26)29-12-16-5-3-4-6-18(16)31-21(23)24/h3-9,13-14,21H,10-12H2,1-2H3. The summed E-state index contributed by atoms with van der Waals surface area (Å²) in [5.41, 5.74) is 0.189. The number of carbonyl (C=O) groups excluding carboxylic acids is 1. The van der Waals surface area contributed by atoms with E-state index in [1.807, 2.05) is 0 Å². The first kappa shape index (κ1) is 24.4. The second-order valence-electron chi connectivity index (χ2n) is 7.29. The first-order valence-corrected chi connectivity index (χ1v) is 11.5. The fraction of sp³-hybridized carbons (Fsp3) is 0.381. The Labute approximate surface area is 189 Å². The zero-order chi connectivity index (χ0) is 23.5. The molecule has 32 heavy (non-hydrogen) atoms. The fourth-order valence-electron chi connectivity index (χ4n) is 3.35. The van der Waals surface area contributed by atoms with Crippen LogP contribution in [0, 0.1) is 0 Å². The van der Waals surface area contributed by atoms with E-state index in [0.29, 0.717) is 0 Å². The zero-order valence-corrected chi connectivity index (χ0v) is 18.9. The number of hydrogen-bond donors (Lipinski definition) is 0. The van der Waals surface area contributed by atoms with Crippen LogP contribution < -0.4 is 4.74 Å². The molecule has 7 nitrogen and oxygen atoms in total.